The summed E-state index contributed by atoms with van der Waals surface area (Å²) in [5.41, 5.74) is 1.19. The number of rotatable bonds is 12. The molecule has 2 aromatic carbocycles. The Balaban J connectivity index is 1.59. The van der Waals surface area contributed by atoms with Crippen LogP contribution in [0.15, 0.2) is 47.4 Å². The predicted molar refractivity (Wildman–Crippen MR) is 123 cm³/mol. The van der Waals surface area contributed by atoms with E-state index in [0.717, 1.165) is 16.5 Å². The Morgan fingerprint density at radius 3 is 2.42 bits per heavy atom. The van der Waals surface area contributed by atoms with Crippen molar-refractivity contribution in [3.8, 4) is 0 Å². The molecule has 33 heavy (non-hydrogen) atoms. The normalized spacial score (nSPS) is 16.0. The lowest BCUT2D eigenvalue weighted by Gasteiger charge is -2.25. The molecule has 9 heteroatoms. The number of amides is 1. The maximum atomic E-state index is 13.7. The van der Waals surface area contributed by atoms with Gasteiger partial charge in [0, 0.05) is 30.5 Å². The minimum atomic E-state index is -0.968. The number of benzene rings is 2. The van der Waals surface area contributed by atoms with Crippen molar-refractivity contribution >= 4 is 17.7 Å². The molecule has 3 N–H and O–H groups in total. The van der Waals surface area contributed by atoms with Crippen LogP contribution in [0.25, 0.3) is 0 Å². The first kappa shape index (κ1) is 25.6. The number of ether oxygens (including phenoxy) is 2. The van der Waals surface area contributed by atoms with Crippen molar-refractivity contribution in [2.45, 2.75) is 42.6 Å². The average molecular weight is 481 g/mol. The van der Waals surface area contributed by atoms with E-state index in [1.165, 1.54) is 12.1 Å². The van der Waals surface area contributed by atoms with Gasteiger partial charge in [-0.2, -0.15) is 0 Å². The van der Waals surface area contributed by atoms with Gasteiger partial charge in [0.05, 0.1) is 31.8 Å². The van der Waals surface area contributed by atoms with Gasteiger partial charge < -0.3 is 25.2 Å². The third-order valence-electron chi connectivity index (χ3n) is 5.31. The van der Waals surface area contributed by atoms with Crippen molar-refractivity contribution in [3.05, 3.63) is 65.2 Å². The molecular weight excluding hydrogens is 450 g/mol. The van der Waals surface area contributed by atoms with E-state index in [2.05, 4.69) is 10.6 Å². The lowest BCUT2D eigenvalue weighted by atomic mass is 10.00. The first-order valence-corrected chi connectivity index (χ1v) is 12.1. The van der Waals surface area contributed by atoms with Crippen LogP contribution < -0.4 is 10.6 Å². The van der Waals surface area contributed by atoms with Crippen LogP contribution in [-0.4, -0.2) is 62.0 Å². The lowest BCUT2D eigenvalue weighted by molar-refractivity contribution is -0.122. The van der Waals surface area contributed by atoms with Gasteiger partial charge in [-0.05, 0) is 48.1 Å². The Kier molecular flexibility index (Phi) is 10.1. The molecule has 180 valence electrons. The van der Waals surface area contributed by atoms with Gasteiger partial charge in [0.15, 0.2) is 6.29 Å². The fourth-order valence-electron chi connectivity index (χ4n) is 3.64. The predicted octanol–water partition coefficient (Wildman–Crippen LogP) is 2.67. The van der Waals surface area contributed by atoms with Crippen LogP contribution in [0.3, 0.4) is 0 Å². The summed E-state index contributed by atoms with van der Waals surface area (Å²) < 4.78 is 38.1. The molecule has 6 nitrogen and oxygen atoms in total. The highest BCUT2D eigenvalue weighted by Gasteiger charge is 2.23. The second kappa shape index (κ2) is 13.0. The molecular formula is C24H30F2N2O4S. The summed E-state index contributed by atoms with van der Waals surface area (Å²) in [6.07, 6.45) is 1.61. The summed E-state index contributed by atoms with van der Waals surface area (Å²) in [6.45, 7) is 1.90. The number of nitrogens with one attached hydrogen (secondary N) is 2. The van der Waals surface area contributed by atoms with E-state index in [1.807, 2.05) is 30.5 Å². The van der Waals surface area contributed by atoms with Crippen LogP contribution in [0.4, 0.5) is 8.78 Å². The second-order valence-corrected chi connectivity index (χ2v) is 8.79. The molecule has 3 rings (SSSR count). The number of thioether (sulfide) groups is 1. The smallest absolute Gasteiger partial charge is 0.224 e. The highest BCUT2D eigenvalue weighted by atomic mass is 32.2. The fraction of sp³-hybridized carbons (Fsp3) is 0.458. The highest BCUT2D eigenvalue weighted by Crippen LogP contribution is 2.16. The molecule has 1 aliphatic rings. The van der Waals surface area contributed by atoms with E-state index in [0.29, 0.717) is 31.7 Å². The number of carbonyl (C=O) groups is 1. The van der Waals surface area contributed by atoms with Crippen molar-refractivity contribution < 1.29 is 28.2 Å². The second-order valence-electron chi connectivity index (χ2n) is 7.91. The van der Waals surface area contributed by atoms with E-state index < -0.39 is 23.8 Å². The number of aliphatic hydroxyl groups is 1. The van der Waals surface area contributed by atoms with Gasteiger partial charge in [-0.1, -0.05) is 12.1 Å². The largest absolute Gasteiger partial charge is 0.390 e. The zero-order chi connectivity index (χ0) is 23.6. The topological polar surface area (TPSA) is 79.8 Å². The zero-order valence-corrected chi connectivity index (χ0v) is 19.4. The first-order valence-electron chi connectivity index (χ1n) is 10.9. The molecule has 0 aromatic heterocycles. The van der Waals surface area contributed by atoms with Gasteiger partial charge >= 0.3 is 0 Å². The van der Waals surface area contributed by atoms with Gasteiger partial charge in [-0.3, -0.25) is 4.79 Å². The number of hydrogen-bond donors (Lipinski definition) is 3. The Morgan fingerprint density at radius 1 is 1.12 bits per heavy atom. The van der Waals surface area contributed by atoms with Gasteiger partial charge in [0.25, 0.3) is 0 Å². The molecule has 0 aliphatic carbocycles. The maximum absolute atomic E-state index is 13.7. The Hall–Kier alpha value is -2.04. The van der Waals surface area contributed by atoms with E-state index in [9.17, 15) is 18.7 Å². The maximum Gasteiger partial charge on any atom is 0.224 e. The van der Waals surface area contributed by atoms with Gasteiger partial charge in [0.1, 0.15) is 11.6 Å². The summed E-state index contributed by atoms with van der Waals surface area (Å²) in [6, 6.07) is 10.1. The molecule has 2 unspecified atom stereocenters. The molecule has 0 bridgehead atoms. The lowest BCUT2D eigenvalue weighted by Crippen LogP contribution is -2.49. The molecule has 2 aromatic rings. The van der Waals surface area contributed by atoms with Crippen LogP contribution in [0.5, 0.6) is 0 Å². The van der Waals surface area contributed by atoms with Crippen LogP contribution in [0.1, 0.15) is 17.5 Å². The Labute approximate surface area is 197 Å². The van der Waals surface area contributed by atoms with Crippen molar-refractivity contribution in [3.63, 3.8) is 0 Å². The summed E-state index contributed by atoms with van der Waals surface area (Å²) in [5.74, 6) is -1.68. The third kappa shape index (κ3) is 8.68. The Bertz CT molecular complexity index is 874. The van der Waals surface area contributed by atoms with Crippen LogP contribution in [-0.2, 0) is 27.1 Å². The molecule has 1 fully saturated rings. The highest BCUT2D eigenvalue weighted by molar-refractivity contribution is 7.98. The van der Waals surface area contributed by atoms with Gasteiger partial charge in [0.2, 0.25) is 5.91 Å². The molecule has 1 aliphatic heterocycles. The molecule has 0 spiro atoms. The van der Waals surface area contributed by atoms with Crippen molar-refractivity contribution in [2.24, 2.45) is 0 Å². The minimum Gasteiger partial charge on any atom is -0.390 e. The zero-order valence-electron chi connectivity index (χ0n) is 18.6. The van der Waals surface area contributed by atoms with E-state index in [1.54, 1.807) is 11.8 Å². The van der Waals surface area contributed by atoms with Crippen molar-refractivity contribution in [1.82, 2.24) is 10.6 Å². The fourth-order valence-corrected chi connectivity index (χ4v) is 4.05. The van der Waals surface area contributed by atoms with Crippen LogP contribution in [0.2, 0.25) is 0 Å². The number of aliphatic hydroxyl groups excluding tert-OH is 1. The minimum absolute atomic E-state index is 0.0868. The molecule has 0 radical (unpaired) electrons. The monoisotopic (exact) mass is 480 g/mol. The van der Waals surface area contributed by atoms with E-state index >= 15 is 0 Å². The van der Waals surface area contributed by atoms with Gasteiger partial charge in [-0.15, -0.1) is 11.8 Å². The third-order valence-corrected chi connectivity index (χ3v) is 6.06. The SMILES string of the molecule is CSc1ccc(CC(=O)NC(Cc2cc(F)cc(F)c2)C(O)CNCCC2OCCO2)cc1. The summed E-state index contributed by atoms with van der Waals surface area (Å²) in [4.78, 5) is 13.8. The average Bonchev–Trinajstić information content (AvgIpc) is 3.29. The Morgan fingerprint density at radius 2 is 1.79 bits per heavy atom. The summed E-state index contributed by atoms with van der Waals surface area (Å²) >= 11 is 1.61. The molecule has 1 amide bonds. The van der Waals surface area contributed by atoms with Crippen LogP contribution in [0, 0.1) is 11.6 Å². The quantitative estimate of drug-likeness (QED) is 0.320. The molecule has 2 atom stereocenters. The standard InChI is InChI=1S/C24H30F2N2O4S/c1-33-20-4-2-16(3-5-20)13-23(30)28-21(12-17-10-18(25)14-19(26)11-17)22(29)15-27-7-6-24-31-8-9-32-24/h2-5,10-11,14,21-22,24,27,29H,6-9,12-13,15H2,1H3,(H,28,30). The number of hydrogen-bond acceptors (Lipinski definition) is 6. The van der Waals surface area contributed by atoms with E-state index in [4.69, 9.17) is 9.47 Å². The number of carbonyl (C=O) groups excluding carboxylic acids is 1. The van der Waals surface area contributed by atoms with Crippen molar-refractivity contribution in [2.75, 3.05) is 32.6 Å². The van der Waals surface area contributed by atoms with Gasteiger partial charge in [-0.25, -0.2) is 8.78 Å². The summed E-state index contributed by atoms with van der Waals surface area (Å²) in [5, 5.41) is 16.7. The first-order chi connectivity index (χ1) is 15.9. The molecule has 1 saturated heterocycles. The number of halogens is 2. The summed E-state index contributed by atoms with van der Waals surface area (Å²) in [7, 11) is 0. The molecule has 1 heterocycles. The van der Waals surface area contributed by atoms with E-state index in [-0.39, 0.29) is 31.6 Å². The van der Waals surface area contributed by atoms with Crippen LogP contribution >= 0.6 is 11.8 Å². The molecule has 0 saturated carbocycles. The van der Waals surface area contributed by atoms with Crippen molar-refractivity contribution in [1.29, 1.82) is 0 Å².